The van der Waals surface area contributed by atoms with Gasteiger partial charge < -0.3 is 7.16 Å². The fraction of sp³-hybridized carbons (Fsp3) is 0. The van der Waals surface area contributed by atoms with Crippen molar-refractivity contribution in [2.24, 2.45) is 0 Å². The first-order valence-corrected chi connectivity index (χ1v) is 9.58. The Labute approximate surface area is 178 Å². The molecule has 27 heavy (non-hydrogen) atoms. The largest absolute Gasteiger partial charge is 1.00 e. The first-order chi connectivity index (χ1) is 11.9. The summed E-state index contributed by atoms with van der Waals surface area (Å²) in [6, 6.07) is 6.39. The Morgan fingerprint density at radius 3 is 1.81 bits per heavy atom. The van der Waals surface area contributed by atoms with Gasteiger partial charge in [0.05, 0.1) is 4.92 Å². The summed E-state index contributed by atoms with van der Waals surface area (Å²) in [4.78, 5) is 8.69. The van der Waals surface area contributed by atoms with E-state index in [1.165, 1.54) is 12.1 Å². The van der Waals surface area contributed by atoms with Crippen LogP contribution < -0.4 is 35.3 Å². The molecular formula is C14H13N2NaO8S2. The van der Waals surface area contributed by atoms with Crippen molar-refractivity contribution < 1.29 is 61.8 Å². The average molecular weight is 424 g/mol. The van der Waals surface area contributed by atoms with Gasteiger partial charge in [0, 0.05) is 17.8 Å². The van der Waals surface area contributed by atoms with Gasteiger partial charge in [0.25, 0.3) is 25.9 Å². The van der Waals surface area contributed by atoms with Gasteiger partial charge in [0.2, 0.25) is 0 Å². The molecule has 0 atom stereocenters. The molecule has 0 fully saturated rings. The van der Waals surface area contributed by atoms with Gasteiger partial charge in [-0.3, -0.25) is 19.2 Å². The van der Waals surface area contributed by atoms with Crippen LogP contribution in [-0.2, 0) is 20.2 Å². The maximum Gasteiger partial charge on any atom is 1.00 e. The molecule has 2 aromatic rings. The Kier molecular flexibility index (Phi) is 7.30. The minimum absolute atomic E-state index is 0. The van der Waals surface area contributed by atoms with Gasteiger partial charge in [-0.2, -0.15) is 16.8 Å². The van der Waals surface area contributed by atoms with Gasteiger partial charge >= 0.3 is 29.6 Å². The van der Waals surface area contributed by atoms with E-state index in [0.717, 1.165) is 30.4 Å². The van der Waals surface area contributed by atoms with Crippen LogP contribution in [0.4, 0.5) is 11.4 Å². The van der Waals surface area contributed by atoms with E-state index in [4.69, 9.17) is 5.73 Å². The summed E-state index contributed by atoms with van der Waals surface area (Å²) in [6.45, 7) is 0. The van der Waals surface area contributed by atoms with Crippen LogP contribution in [0.1, 0.15) is 12.6 Å². The quantitative estimate of drug-likeness (QED) is 0.135. The zero-order valence-electron chi connectivity index (χ0n) is 14.8. The zero-order valence-corrected chi connectivity index (χ0v) is 17.4. The zero-order chi connectivity index (χ0) is 19.7. The molecule has 0 aliphatic rings. The maximum absolute atomic E-state index is 11.5. The number of nitrogens with zero attached hydrogens (tertiary/aromatic N) is 1. The average Bonchev–Trinajstić information content (AvgIpc) is 2.51. The Bertz CT molecular complexity index is 1130. The molecule has 0 spiro atoms. The minimum atomic E-state index is -4.78. The van der Waals surface area contributed by atoms with E-state index in [1.807, 2.05) is 0 Å². The second kappa shape index (κ2) is 8.48. The van der Waals surface area contributed by atoms with Crippen LogP contribution in [0, 0.1) is 10.1 Å². The van der Waals surface area contributed by atoms with E-state index in [2.05, 4.69) is 0 Å². The summed E-state index contributed by atoms with van der Waals surface area (Å²) < 4.78 is 64.3. The van der Waals surface area contributed by atoms with Crippen LogP contribution in [0.25, 0.3) is 12.2 Å². The van der Waals surface area contributed by atoms with Crippen LogP contribution in [-0.4, -0.2) is 30.9 Å². The number of benzene rings is 2. The molecule has 2 rings (SSSR count). The van der Waals surface area contributed by atoms with E-state index >= 15 is 0 Å². The molecule has 2 aromatic carbocycles. The minimum Gasteiger partial charge on any atom is -1.00 e. The number of nitrogen functional groups attached to an aromatic ring is 1. The van der Waals surface area contributed by atoms with E-state index in [9.17, 15) is 36.1 Å². The number of nitro benzene ring substituents is 1. The van der Waals surface area contributed by atoms with Crippen molar-refractivity contribution in [2.75, 3.05) is 5.73 Å². The number of non-ortho nitro benzene ring substituents is 1. The Morgan fingerprint density at radius 1 is 0.926 bits per heavy atom. The number of rotatable bonds is 5. The molecule has 0 aromatic heterocycles. The number of nitro groups is 1. The molecule has 0 bridgehead atoms. The summed E-state index contributed by atoms with van der Waals surface area (Å²) >= 11 is 0. The fourth-order valence-electron chi connectivity index (χ4n) is 2.09. The van der Waals surface area contributed by atoms with Crippen LogP contribution in [0.3, 0.4) is 0 Å². The molecule has 10 nitrogen and oxygen atoms in total. The molecule has 13 heteroatoms. The molecule has 140 valence electrons. The molecule has 0 amide bonds. The molecule has 0 aliphatic heterocycles. The maximum atomic E-state index is 11.5. The Hall–Kier alpha value is -1.80. The van der Waals surface area contributed by atoms with E-state index in [-0.39, 0.29) is 47.8 Å². The Balaban J connectivity index is 0.00000364. The SMILES string of the molecule is Nc1ccc(/C=C/c2ccc([N+](=O)[O-])cc2S(=O)(=O)O)c(S(=O)(=O)O)c1.[H-].[Na+]. The van der Waals surface area contributed by atoms with Crippen LogP contribution in [0.2, 0.25) is 0 Å². The fourth-order valence-corrected chi connectivity index (χ4v) is 3.51. The van der Waals surface area contributed by atoms with E-state index in [0.29, 0.717) is 6.07 Å². The van der Waals surface area contributed by atoms with Crippen molar-refractivity contribution in [1.29, 1.82) is 0 Å². The van der Waals surface area contributed by atoms with Crippen molar-refractivity contribution in [2.45, 2.75) is 9.79 Å². The predicted molar refractivity (Wildman–Crippen MR) is 93.6 cm³/mol. The second-order valence-corrected chi connectivity index (χ2v) is 7.84. The van der Waals surface area contributed by atoms with Crippen molar-refractivity contribution in [3.8, 4) is 0 Å². The van der Waals surface area contributed by atoms with E-state index < -0.39 is 40.6 Å². The van der Waals surface area contributed by atoms with Gasteiger partial charge in [0.1, 0.15) is 9.79 Å². The third kappa shape index (κ3) is 5.84. The topological polar surface area (TPSA) is 178 Å². The number of anilines is 1. The molecule has 0 saturated heterocycles. The summed E-state index contributed by atoms with van der Waals surface area (Å²) in [5.74, 6) is 0. The van der Waals surface area contributed by atoms with Gasteiger partial charge in [-0.15, -0.1) is 0 Å². The molecule has 0 radical (unpaired) electrons. The summed E-state index contributed by atoms with van der Waals surface area (Å²) in [6.07, 6.45) is 2.27. The van der Waals surface area contributed by atoms with Crippen LogP contribution >= 0.6 is 0 Å². The van der Waals surface area contributed by atoms with Gasteiger partial charge in [-0.05, 0) is 29.3 Å². The van der Waals surface area contributed by atoms with Crippen LogP contribution in [0.15, 0.2) is 46.2 Å². The summed E-state index contributed by atoms with van der Waals surface area (Å²) in [5, 5.41) is 10.8. The second-order valence-electron chi connectivity index (χ2n) is 5.06. The van der Waals surface area contributed by atoms with Crippen molar-refractivity contribution in [3.05, 3.63) is 57.6 Å². The number of hydrogen-bond donors (Lipinski definition) is 3. The standard InChI is InChI=1S/C14H12N2O8S2.Na.H/c15-11-5-3-9(13(7-11)25(19,20)21)1-2-10-4-6-12(16(17)18)8-14(10)26(22,23)24;;/h1-8H,15H2,(H,19,20,21)(H,22,23,24);;/q;+1;-1/b2-1+;;. The smallest absolute Gasteiger partial charge is 1.00 e. The van der Waals surface area contributed by atoms with E-state index in [1.54, 1.807) is 0 Å². The molecule has 0 heterocycles. The van der Waals surface area contributed by atoms with Crippen molar-refractivity contribution >= 4 is 43.8 Å². The molecule has 4 N–H and O–H groups in total. The molecule has 0 unspecified atom stereocenters. The monoisotopic (exact) mass is 424 g/mol. The molecular weight excluding hydrogens is 411 g/mol. The van der Waals surface area contributed by atoms with Gasteiger partial charge in [-0.1, -0.05) is 18.2 Å². The molecule has 0 saturated carbocycles. The van der Waals surface area contributed by atoms with Crippen molar-refractivity contribution in [3.63, 3.8) is 0 Å². The third-order valence-electron chi connectivity index (χ3n) is 3.24. The molecule has 0 aliphatic carbocycles. The summed E-state index contributed by atoms with van der Waals surface area (Å²) in [7, 11) is -9.39. The number of nitrogens with two attached hydrogens (primary N) is 1. The van der Waals surface area contributed by atoms with Crippen molar-refractivity contribution in [1.82, 2.24) is 0 Å². The third-order valence-corrected chi connectivity index (χ3v) is 5.06. The predicted octanol–water partition coefficient (Wildman–Crippen LogP) is -1.04. The van der Waals surface area contributed by atoms with Gasteiger partial charge in [0.15, 0.2) is 0 Å². The number of hydrogen-bond acceptors (Lipinski definition) is 7. The first kappa shape index (κ1) is 23.2. The normalized spacial score (nSPS) is 11.9. The van der Waals surface area contributed by atoms with Gasteiger partial charge in [-0.25, -0.2) is 0 Å². The first-order valence-electron chi connectivity index (χ1n) is 6.70. The Morgan fingerprint density at radius 2 is 1.37 bits per heavy atom. The summed E-state index contributed by atoms with van der Waals surface area (Å²) in [5.41, 5.74) is 4.86. The van der Waals surface area contributed by atoms with Crippen LogP contribution in [0.5, 0.6) is 0 Å².